The van der Waals surface area contributed by atoms with Crippen molar-refractivity contribution in [3.63, 3.8) is 0 Å². The third-order valence-corrected chi connectivity index (χ3v) is 5.50. The molecule has 1 aliphatic rings. The van der Waals surface area contributed by atoms with Gasteiger partial charge in [-0.3, -0.25) is 9.59 Å². The SMILES string of the molecule is COc1cc2c(c(OC)c1OC)-c1ccc(NC[C@@H](C)O)c(=O)cc1[C@@H](NC(C)=O)CC2. The molecule has 172 valence electrons. The molecule has 0 unspecified atom stereocenters. The Labute approximate surface area is 187 Å². The number of hydrogen-bond acceptors (Lipinski definition) is 7. The molecule has 0 fully saturated rings. The Kier molecular flexibility index (Phi) is 7.25. The number of fused-ring (bicyclic) bond motifs is 3. The number of carbonyl (C=O) groups excluding carboxylic acids is 1. The third kappa shape index (κ3) is 4.65. The van der Waals surface area contributed by atoms with E-state index in [1.165, 1.54) is 6.92 Å². The number of ether oxygens (including phenoxy) is 3. The van der Waals surface area contributed by atoms with Crippen molar-refractivity contribution in [2.24, 2.45) is 0 Å². The monoisotopic (exact) mass is 442 g/mol. The van der Waals surface area contributed by atoms with Gasteiger partial charge < -0.3 is 30.0 Å². The van der Waals surface area contributed by atoms with Crippen molar-refractivity contribution < 1.29 is 24.1 Å². The quantitative estimate of drug-likeness (QED) is 0.605. The molecule has 8 heteroatoms. The first-order chi connectivity index (χ1) is 15.3. The van der Waals surface area contributed by atoms with Gasteiger partial charge in [-0.15, -0.1) is 0 Å². The largest absolute Gasteiger partial charge is 0.493 e. The topological polar surface area (TPSA) is 106 Å². The Morgan fingerprint density at radius 1 is 1.16 bits per heavy atom. The van der Waals surface area contributed by atoms with Crippen molar-refractivity contribution >= 4 is 11.6 Å². The highest BCUT2D eigenvalue weighted by molar-refractivity contribution is 5.83. The summed E-state index contributed by atoms with van der Waals surface area (Å²) in [6.07, 6.45) is 0.622. The zero-order valence-corrected chi connectivity index (χ0v) is 19.1. The molecular weight excluding hydrogens is 412 g/mol. The number of rotatable bonds is 7. The number of benzene rings is 1. The lowest BCUT2D eigenvalue weighted by molar-refractivity contribution is -0.119. The van der Waals surface area contributed by atoms with Crippen LogP contribution in [0.15, 0.2) is 29.1 Å². The van der Waals surface area contributed by atoms with Crippen LogP contribution in [0.25, 0.3) is 11.1 Å². The van der Waals surface area contributed by atoms with Crippen LogP contribution >= 0.6 is 0 Å². The number of methoxy groups -OCH3 is 3. The average molecular weight is 443 g/mol. The van der Waals surface area contributed by atoms with E-state index in [-0.39, 0.29) is 23.9 Å². The summed E-state index contributed by atoms with van der Waals surface area (Å²) in [5.41, 5.74) is 3.35. The number of anilines is 1. The second-order valence-corrected chi connectivity index (χ2v) is 7.83. The molecular formula is C24H30N2O6. The maximum atomic E-state index is 13.0. The van der Waals surface area contributed by atoms with E-state index in [1.54, 1.807) is 40.4 Å². The molecule has 0 aromatic heterocycles. The Bertz CT molecular complexity index is 1070. The van der Waals surface area contributed by atoms with Crippen LogP contribution in [0.3, 0.4) is 0 Å². The summed E-state index contributed by atoms with van der Waals surface area (Å²) in [5, 5.41) is 15.6. The van der Waals surface area contributed by atoms with Crippen LogP contribution in [0.5, 0.6) is 17.2 Å². The number of amides is 1. The third-order valence-electron chi connectivity index (χ3n) is 5.50. The normalized spacial score (nSPS) is 15.5. The Hall–Kier alpha value is -3.26. The number of aryl methyl sites for hydroxylation is 1. The average Bonchev–Trinajstić information content (AvgIpc) is 2.99. The van der Waals surface area contributed by atoms with Crippen molar-refractivity contribution in [3.05, 3.63) is 45.6 Å². The van der Waals surface area contributed by atoms with Crippen molar-refractivity contribution in [1.29, 1.82) is 0 Å². The zero-order valence-electron chi connectivity index (χ0n) is 19.1. The molecule has 0 spiro atoms. The van der Waals surface area contributed by atoms with E-state index >= 15 is 0 Å². The number of aliphatic hydroxyl groups is 1. The lowest BCUT2D eigenvalue weighted by Gasteiger charge is -2.19. The Balaban J connectivity index is 2.33. The van der Waals surface area contributed by atoms with Gasteiger partial charge in [-0.05, 0) is 54.7 Å². The lowest BCUT2D eigenvalue weighted by Crippen LogP contribution is -2.26. The van der Waals surface area contributed by atoms with Gasteiger partial charge in [0.05, 0.1) is 39.2 Å². The van der Waals surface area contributed by atoms with Gasteiger partial charge in [0.2, 0.25) is 17.1 Å². The van der Waals surface area contributed by atoms with Gasteiger partial charge in [-0.1, -0.05) is 6.07 Å². The summed E-state index contributed by atoms with van der Waals surface area (Å²) >= 11 is 0. The van der Waals surface area contributed by atoms with E-state index in [0.29, 0.717) is 41.3 Å². The summed E-state index contributed by atoms with van der Waals surface area (Å²) in [7, 11) is 4.67. The van der Waals surface area contributed by atoms with E-state index < -0.39 is 6.10 Å². The molecule has 3 rings (SSSR count). The molecule has 32 heavy (non-hydrogen) atoms. The van der Waals surface area contributed by atoms with Crippen LogP contribution in [0, 0.1) is 0 Å². The van der Waals surface area contributed by atoms with Gasteiger partial charge in [0, 0.05) is 19.0 Å². The van der Waals surface area contributed by atoms with E-state index in [0.717, 1.165) is 16.7 Å². The summed E-state index contributed by atoms with van der Waals surface area (Å²) in [6, 6.07) is 6.63. The summed E-state index contributed by atoms with van der Waals surface area (Å²) in [4.78, 5) is 24.9. The van der Waals surface area contributed by atoms with Crippen molar-refractivity contribution in [1.82, 2.24) is 5.32 Å². The highest BCUT2D eigenvalue weighted by atomic mass is 16.5. The van der Waals surface area contributed by atoms with Gasteiger partial charge in [0.1, 0.15) is 0 Å². The van der Waals surface area contributed by atoms with Crippen molar-refractivity contribution in [2.75, 3.05) is 33.2 Å². The molecule has 0 bridgehead atoms. The molecule has 2 aromatic carbocycles. The van der Waals surface area contributed by atoms with E-state index in [2.05, 4.69) is 10.6 Å². The summed E-state index contributed by atoms with van der Waals surface area (Å²) in [6.45, 7) is 3.34. The minimum absolute atomic E-state index is 0.180. The first-order valence-electron chi connectivity index (χ1n) is 10.5. The predicted molar refractivity (Wildman–Crippen MR) is 123 cm³/mol. The maximum Gasteiger partial charge on any atom is 0.217 e. The van der Waals surface area contributed by atoms with Crippen LogP contribution in [-0.2, 0) is 11.2 Å². The van der Waals surface area contributed by atoms with Crippen LogP contribution in [-0.4, -0.2) is 45.0 Å². The standard InChI is InChI=1S/C24H30N2O6/c1-13(27)12-25-19-9-7-16-17(11-20(19)29)18(26-14(2)28)8-6-15-10-21(30-3)23(31-4)24(32-5)22(15)16/h7,9-11,13,18,27H,6,8,12H2,1-5H3,(H,25,29)(H,26,28)/t13-,18+/m1/s1. The fraction of sp³-hybridized carbons (Fsp3) is 0.417. The molecule has 0 heterocycles. The van der Waals surface area contributed by atoms with Crippen LogP contribution < -0.4 is 30.3 Å². The van der Waals surface area contributed by atoms with Crippen LogP contribution in [0.4, 0.5) is 5.69 Å². The van der Waals surface area contributed by atoms with E-state index in [4.69, 9.17) is 14.2 Å². The lowest BCUT2D eigenvalue weighted by atomic mass is 9.95. The maximum absolute atomic E-state index is 13.0. The number of aliphatic hydroxyl groups excluding tert-OH is 1. The molecule has 1 amide bonds. The van der Waals surface area contributed by atoms with Gasteiger partial charge in [-0.2, -0.15) is 0 Å². The van der Waals surface area contributed by atoms with Gasteiger partial charge in [0.15, 0.2) is 11.5 Å². The second kappa shape index (κ2) is 9.91. The molecule has 8 nitrogen and oxygen atoms in total. The zero-order chi connectivity index (χ0) is 23.4. The second-order valence-electron chi connectivity index (χ2n) is 7.83. The molecule has 2 atom stereocenters. The Morgan fingerprint density at radius 3 is 2.47 bits per heavy atom. The summed E-state index contributed by atoms with van der Waals surface area (Å²) < 4.78 is 16.9. The summed E-state index contributed by atoms with van der Waals surface area (Å²) in [5.74, 6) is 1.33. The number of carbonyl (C=O) groups is 1. The molecule has 0 saturated carbocycles. The first-order valence-corrected chi connectivity index (χ1v) is 10.5. The molecule has 0 saturated heterocycles. The van der Waals surface area contributed by atoms with E-state index in [9.17, 15) is 14.7 Å². The predicted octanol–water partition coefficient (Wildman–Crippen LogP) is 2.66. The highest BCUT2D eigenvalue weighted by Crippen LogP contribution is 2.50. The number of nitrogens with one attached hydrogen (secondary N) is 2. The minimum atomic E-state index is -0.609. The van der Waals surface area contributed by atoms with Crippen molar-refractivity contribution in [3.8, 4) is 28.4 Å². The smallest absolute Gasteiger partial charge is 0.217 e. The van der Waals surface area contributed by atoms with Gasteiger partial charge in [-0.25, -0.2) is 0 Å². The number of hydrogen-bond donors (Lipinski definition) is 3. The highest BCUT2D eigenvalue weighted by Gasteiger charge is 2.29. The van der Waals surface area contributed by atoms with E-state index in [1.807, 2.05) is 12.1 Å². The molecule has 0 aliphatic heterocycles. The fourth-order valence-corrected chi connectivity index (χ4v) is 4.11. The van der Waals surface area contributed by atoms with Crippen LogP contribution in [0.1, 0.15) is 37.4 Å². The van der Waals surface area contributed by atoms with Crippen molar-refractivity contribution in [2.45, 2.75) is 38.8 Å². The minimum Gasteiger partial charge on any atom is -0.493 e. The molecule has 3 N–H and O–H groups in total. The fourth-order valence-electron chi connectivity index (χ4n) is 4.11. The van der Waals surface area contributed by atoms with Gasteiger partial charge >= 0.3 is 0 Å². The van der Waals surface area contributed by atoms with Gasteiger partial charge in [0.25, 0.3) is 0 Å². The molecule has 2 aromatic rings. The molecule has 1 aliphatic carbocycles. The first kappa shape index (κ1) is 23.4. The Morgan fingerprint density at radius 2 is 1.88 bits per heavy atom. The molecule has 0 radical (unpaired) electrons. The van der Waals surface area contributed by atoms with Crippen LogP contribution in [0.2, 0.25) is 0 Å².